The fourth-order valence-electron chi connectivity index (χ4n) is 1.88. The Morgan fingerprint density at radius 1 is 1.09 bits per heavy atom. The summed E-state index contributed by atoms with van der Waals surface area (Å²) in [6, 6.07) is 10.1. The normalized spacial score (nSPS) is 10.1. The van der Waals surface area contributed by atoms with E-state index < -0.39 is 10.9 Å². The summed E-state index contributed by atoms with van der Waals surface area (Å²) < 4.78 is 0. The van der Waals surface area contributed by atoms with Crippen molar-refractivity contribution < 1.29 is 19.6 Å². The second-order valence-corrected chi connectivity index (χ2v) is 5.49. The number of carboxylic acid groups (broad SMARTS) is 1. The average molecular weight is 331 g/mol. The standard InChI is InChI=1S/C15H12N2O5S/c1-16-14(18)10-4-2-3-5-12(10)23-13-7-6-9(17(21)22)8-11(13)15(19)20/h2-8H,1H3,(H,16,18)(H,19,20)/p-1. The maximum atomic E-state index is 11.8. The first-order valence-corrected chi connectivity index (χ1v) is 7.24. The predicted molar refractivity (Wildman–Crippen MR) is 81.4 cm³/mol. The molecule has 0 aliphatic heterocycles. The van der Waals surface area contributed by atoms with E-state index in [4.69, 9.17) is 0 Å². The Labute approximate surface area is 135 Å². The zero-order valence-electron chi connectivity index (χ0n) is 11.9. The quantitative estimate of drug-likeness (QED) is 0.656. The van der Waals surface area contributed by atoms with Crippen molar-refractivity contribution in [2.75, 3.05) is 7.05 Å². The van der Waals surface area contributed by atoms with Gasteiger partial charge in [0.25, 0.3) is 11.6 Å². The minimum Gasteiger partial charge on any atom is -0.545 e. The lowest BCUT2D eigenvalue weighted by molar-refractivity contribution is -0.385. The highest BCUT2D eigenvalue weighted by molar-refractivity contribution is 7.99. The Bertz CT molecular complexity index is 791. The number of non-ortho nitro benzene ring substituents is 1. The van der Waals surface area contributed by atoms with Gasteiger partial charge in [-0.2, -0.15) is 0 Å². The highest BCUT2D eigenvalue weighted by Crippen LogP contribution is 2.34. The number of nitro benzene ring substituents is 1. The van der Waals surface area contributed by atoms with Crippen LogP contribution in [0.1, 0.15) is 20.7 Å². The van der Waals surface area contributed by atoms with E-state index in [2.05, 4.69) is 5.32 Å². The fraction of sp³-hybridized carbons (Fsp3) is 0.0667. The summed E-state index contributed by atoms with van der Waals surface area (Å²) in [6.07, 6.45) is 0. The first kappa shape index (κ1) is 16.5. The van der Waals surface area contributed by atoms with Gasteiger partial charge in [-0.15, -0.1) is 0 Å². The molecule has 1 N–H and O–H groups in total. The molecule has 0 bridgehead atoms. The number of amides is 1. The minimum absolute atomic E-state index is 0.256. The molecule has 0 unspecified atom stereocenters. The van der Waals surface area contributed by atoms with Crippen LogP contribution in [-0.2, 0) is 0 Å². The van der Waals surface area contributed by atoms with E-state index in [0.717, 1.165) is 17.8 Å². The molecule has 0 fully saturated rings. The van der Waals surface area contributed by atoms with Crippen LogP contribution in [0.15, 0.2) is 52.3 Å². The Balaban J connectivity index is 2.47. The Morgan fingerprint density at radius 3 is 2.35 bits per heavy atom. The SMILES string of the molecule is CNC(=O)c1ccccc1Sc1ccc([N+](=O)[O-])cc1C(=O)[O-]. The molecule has 0 aliphatic rings. The van der Waals surface area contributed by atoms with E-state index in [1.165, 1.54) is 19.2 Å². The van der Waals surface area contributed by atoms with Crippen molar-refractivity contribution in [3.63, 3.8) is 0 Å². The molecule has 0 heterocycles. The van der Waals surface area contributed by atoms with Crippen LogP contribution >= 0.6 is 11.8 Å². The van der Waals surface area contributed by atoms with E-state index in [-0.39, 0.29) is 22.1 Å². The minimum atomic E-state index is -1.52. The molecule has 0 aromatic heterocycles. The van der Waals surface area contributed by atoms with Crippen molar-refractivity contribution in [1.29, 1.82) is 0 Å². The van der Waals surface area contributed by atoms with Crippen molar-refractivity contribution in [2.24, 2.45) is 0 Å². The molecule has 0 aliphatic carbocycles. The third-order valence-electron chi connectivity index (χ3n) is 2.97. The second-order valence-electron chi connectivity index (χ2n) is 4.40. The van der Waals surface area contributed by atoms with E-state index in [0.29, 0.717) is 10.5 Å². The van der Waals surface area contributed by atoms with Gasteiger partial charge in [-0.05, 0) is 18.2 Å². The van der Waals surface area contributed by atoms with E-state index in [1.807, 2.05) is 0 Å². The van der Waals surface area contributed by atoms with Gasteiger partial charge >= 0.3 is 0 Å². The number of nitrogens with one attached hydrogen (secondary N) is 1. The molecule has 0 atom stereocenters. The summed E-state index contributed by atoms with van der Waals surface area (Å²) in [5.41, 5.74) is -0.258. The lowest BCUT2D eigenvalue weighted by Crippen LogP contribution is -2.23. The van der Waals surface area contributed by atoms with Crippen LogP contribution in [0, 0.1) is 10.1 Å². The van der Waals surface area contributed by atoms with Gasteiger partial charge in [0.1, 0.15) is 0 Å². The molecule has 1 amide bonds. The van der Waals surface area contributed by atoms with Crippen LogP contribution in [-0.4, -0.2) is 23.8 Å². The molecule has 8 heteroatoms. The third kappa shape index (κ3) is 3.67. The molecule has 2 aromatic carbocycles. The van der Waals surface area contributed by atoms with Gasteiger partial charge in [0.15, 0.2) is 0 Å². The van der Waals surface area contributed by atoms with Gasteiger partial charge < -0.3 is 15.2 Å². The van der Waals surface area contributed by atoms with Crippen molar-refractivity contribution in [3.8, 4) is 0 Å². The van der Waals surface area contributed by atoms with Crippen molar-refractivity contribution in [3.05, 3.63) is 63.7 Å². The lowest BCUT2D eigenvalue weighted by atomic mass is 10.2. The van der Waals surface area contributed by atoms with Gasteiger partial charge in [0, 0.05) is 34.5 Å². The van der Waals surface area contributed by atoms with Gasteiger partial charge in [0.05, 0.1) is 16.5 Å². The molecule has 2 rings (SSSR count). The molecule has 118 valence electrons. The van der Waals surface area contributed by atoms with Gasteiger partial charge in [-0.1, -0.05) is 23.9 Å². The summed E-state index contributed by atoms with van der Waals surface area (Å²) in [7, 11) is 1.49. The molecule has 0 spiro atoms. The molecule has 0 saturated heterocycles. The Kier molecular flexibility index (Phi) is 4.97. The fourth-order valence-corrected chi connectivity index (χ4v) is 2.92. The number of nitrogens with zero attached hydrogens (tertiary/aromatic N) is 1. The van der Waals surface area contributed by atoms with Gasteiger partial charge in [-0.3, -0.25) is 14.9 Å². The summed E-state index contributed by atoms with van der Waals surface area (Å²) in [5.74, 6) is -1.83. The third-order valence-corrected chi connectivity index (χ3v) is 4.12. The highest BCUT2D eigenvalue weighted by atomic mass is 32.2. The molecule has 2 aromatic rings. The van der Waals surface area contributed by atoms with Crippen LogP contribution in [0.25, 0.3) is 0 Å². The monoisotopic (exact) mass is 331 g/mol. The van der Waals surface area contributed by atoms with E-state index >= 15 is 0 Å². The van der Waals surface area contributed by atoms with Gasteiger partial charge in [-0.25, -0.2) is 0 Å². The average Bonchev–Trinajstić information content (AvgIpc) is 2.54. The van der Waals surface area contributed by atoms with Crippen LogP contribution in [0.2, 0.25) is 0 Å². The molecule has 0 radical (unpaired) electrons. The van der Waals surface area contributed by atoms with Crippen LogP contribution in [0.4, 0.5) is 5.69 Å². The number of hydrogen-bond donors (Lipinski definition) is 1. The van der Waals surface area contributed by atoms with E-state index in [1.54, 1.807) is 24.3 Å². The number of rotatable bonds is 5. The van der Waals surface area contributed by atoms with Crippen molar-refractivity contribution in [1.82, 2.24) is 5.32 Å². The summed E-state index contributed by atoms with van der Waals surface area (Å²) in [4.78, 5) is 33.9. The Morgan fingerprint density at radius 2 is 1.74 bits per heavy atom. The van der Waals surface area contributed by atoms with Crippen LogP contribution in [0.3, 0.4) is 0 Å². The topological polar surface area (TPSA) is 112 Å². The molecule has 23 heavy (non-hydrogen) atoms. The van der Waals surface area contributed by atoms with Crippen molar-refractivity contribution in [2.45, 2.75) is 9.79 Å². The lowest BCUT2D eigenvalue weighted by Gasteiger charge is -2.12. The number of aromatic carboxylic acids is 1. The number of carbonyl (C=O) groups excluding carboxylic acids is 2. The molecular weight excluding hydrogens is 320 g/mol. The first-order chi connectivity index (χ1) is 10.9. The first-order valence-electron chi connectivity index (χ1n) is 6.42. The molecule has 0 saturated carbocycles. The van der Waals surface area contributed by atoms with Gasteiger partial charge in [0.2, 0.25) is 0 Å². The maximum Gasteiger partial charge on any atom is 0.270 e. The molecular formula is C15H11N2O5S-. The summed E-state index contributed by atoms with van der Waals surface area (Å²) in [6.45, 7) is 0. The maximum absolute atomic E-state index is 11.8. The predicted octanol–water partition coefficient (Wildman–Crippen LogP) is 1.47. The summed E-state index contributed by atoms with van der Waals surface area (Å²) >= 11 is 1.03. The number of carboxylic acids is 1. The van der Waals surface area contributed by atoms with Crippen LogP contribution in [0.5, 0.6) is 0 Å². The Hall–Kier alpha value is -2.87. The summed E-state index contributed by atoms with van der Waals surface area (Å²) in [5, 5.41) is 24.5. The number of carbonyl (C=O) groups is 2. The zero-order chi connectivity index (χ0) is 17.0. The zero-order valence-corrected chi connectivity index (χ0v) is 12.8. The number of nitro groups is 1. The number of hydrogen-bond acceptors (Lipinski definition) is 6. The second kappa shape index (κ2) is 6.93. The largest absolute Gasteiger partial charge is 0.545 e. The van der Waals surface area contributed by atoms with Crippen molar-refractivity contribution >= 4 is 29.3 Å². The highest BCUT2D eigenvalue weighted by Gasteiger charge is 2.15. The van der Waals surface area contributed by atoms with E-state index in [9.17, 15) is 24.8 Å². The molecule has 7 nitrogen and oxygen atoms in total. The van der Waals surface area contributed by atoms with Crippen LogP contribution < -0.4 is 10.4 Å². The smallest absolute Gasteiger partial charge is 0.270 e. The number of benzene rings is 2.